The van der Waals surface area contributed by atoms with Crippen LogP contribution in [0.15, 0.2) is 18.2 Å². The second kappa shape index (κ2) is 6.15. The number of benzene rings is 1. The molecule has 1 aromatic rings. The highest BCUT2D eigenvalue weighted by Crippen LogP contribution is 2.14. The fourth-order valence-corrected chi connectivity index (χ4v) is 1.06. The first-order valence-electron chi connectivity index (χ1n) is 5.04. The van der Waals surface area contributed by atoms with E-state index in [2.05, 4.69) is 5.32 Å². The van der Waals surface area contributed by atoms with E-state index in [-0.39, 0.29) is 18.9 Å². The van der Waals surface area contributed by atoms with Crippen molar-refractivity contribution >= 4 is 5.91 Å². The number of amides is 1. The highest BCUT2D eigenvalue weighted by molar-refractivity contribution is 5.79. The maximum atomic E-state index is 12.8. The number of nitrogens with one attached hydrogen (secondary N) is 1. The van der Waals surface area contributed by atoms with Crippen molar-refractivity contribution in [1.29, 1.82) is 0 Å². The Morgan fingerprint density at radius 1 is 1.47 bits per heavy atom. The summed E-state index contributed by atoms with van der Waals surface area (Å²) in [5, 5.41) is 11.3. The van der Waals surface area contributed by atoms with Crippen LogP contribution in [0.1, 0.15) is 6.92 Å². The molecule has 0 aromatic heterocycles. The molecule has 1 aromatic carbocycles. The summed E-state index contributed by atoms with van der Waals surface area (Å²) in [6.07, 6.45) is -1.08. The highest BCUT2D eigenvalue weighted by atomic mass is 19.2. The van der Waals surface area contributed by atoms with Crippen LogP contribution in [0.25, 0.3) is 0 Å². The number of aliphatic hydroxyl groups excluding tert-OH is 1. The predicted octanol–water partition coefficient (Wildman–Crippen LogP) is 0.841. The number of ether oxygens (including phenoxy) is 1. The Labute approximate surface area is 97.2 Å². The van der Waals surface area contributed by atoms with Crippen LogP contribution in [0.2, 0.25) is 0 Å². The molecule has 1 rings (SSSR count). The number of hydrogen-bond acceptors (Lipinski definition) is 3. The van der Waals surface area contributed by atoms with Crippen LogP contribution in [-0.4, -0.2) is 30.3 Å². The first-order valence-corrected chi connectivity index (χ1v) is 5.04. The third kappa shape index (κ3) is 4.36. The number of halogens is 2. The van der Waals surface area contributed by atoms with Gasteiger partial charge in [-0.1, -0.05) is 0 Å². The van der Waals surface area contributed by atoms with E-state index in [1.165, 1.54) is 13.0 Å². The van der Waals surface area contributed by atoms with Crippen molar-refractivity contribution in [3.05, 3.63) is 29.8 Å². The first-order chi connectivity index (χ1) is 8.00. The molecule has 6 heteroatoms. The molecule has 2 N–H and O–H groups in total. The number of aliphatic hydroxyl groups is 1. The molecule has 0 spiro atoms. The van der Waals surface area contributed by atoms with E-state index in [0.717, 1.165) is 12.1 Å². The lowest BCUT2D eigenvalue weighted by Gasteiger charge is -2.08. The van der Waals surface area contributed by atoms with Crippen molar-refractivity contribution in [3.8, 4) is 5.75 Å². The molecule has 1 amide bonds. The molecule has 0 aliphatic heterocycles. The average Bonchev–Trinajstić information content (AvgIpc) is 2.28. The van der Waals surface area contributed by atoms with Crippen LogP contribution >= 0.6 is 0 Å². The molecule has 1 atom stereocenters. The first kappa shape index (κ1) is 13.4. The standard InChI is InChI=1S/C11H13F2NO3/c1-7(15)11(16)14-4-5-17-8-2-3-9(12)10(13)6-8/h2-3,6-7,15H,4-5H2,1H3,(H,14,16). The van der Waals surface area contributed by atoms with Gasteiger partial charge in [-0.15, -0.1) is 0 Å². The van der Waals surface area contributed by atoms with Crippen LogP contribution in [0.5, 0.6) is 5.75 Å². The van der Waals surface area contributed by atoms with Gasteiger partial charge in [-0.3, -0.25) is 4.79 Å². The fourth-order valence-electron chi connectivity index (χ4n) is 1.06. The molecule has 0 bridgehead atoms. The van der Waals surface area contributed by atoms with Crippen molar-refractivity contribution in [2.45, 2.75) is 13.0 Å². The lowest BCUT2D eigenvalue weighted by atomic mass is 10.3. The minimum atomic E-state index is -1.08. The monoisotopic (exact) mass is 245 g/mol. The van der Waals surface area contributed by atoms with E-state index in [1.807, 2.05) is 0 Å². The Morgan fingerprint density at radius 3 is 2.76 bits per heavy atom. The topological polar surface area (TPSA) is 58.6 Å². The van der Waals surface area contributed by atoms with E-state index < -0.39 is 23.6 Å². The molecule has 0 aliphatic rings. The average molecular weight is 245 g/mol. The summed E-state index contributed by atoms with van der Waals surface area (Å²) < 4.78 is 30.4. The van der Waals surface area contributed by atoms with Crippen LogP contribution in [0.4, 0.5) is 8.78 Å². The molecule has 94 valence electrons. The van der Waals surface area contributed by atoms with Gasteiger partial charge in [0, 0.05) is 6.07 Å². The van der Waals surface area contributed by atoms with Crippen LogP contribution in [0, 0.1) is 11.6 Å². The van der Waals surface area contributed by atoms with Crippen molar-refractivity contribution in [2.75, 3.05) is 13.2 Å². The number of carbonyl (C=O) groups is 1. The van der Waals surface area contributed by atoms with Gasteiger partial charge >= 0.3 is 0 Å². The summed E-state index contributed by atoms with van der Waals surface area (Å²) >= 11 is 0. The quantitative estimate of drug-likeness (QED) is 0.756. The molecule has 0 fully saturated rings. The molecule has 0 radical (unpaired) electrons. The van der Waals surface area contributed by atoms with E-state index in [9.17, 15) is 13.6 Å². The maximum Gasteiger partial charge on any atom is 0.248 e. The molecule has 4 nitrogen and oxygen atoms in total. The highest BCUT2D eigenvalue weighted by Gasteiger charge is 2.07. The summed E-state index contributed by atoms with van der Waals surface area (Å²) in [7, 11) is 0. The van der Waals surface area contributed by atoms with Gasteiger partial charge in [0.05, 0.1) is 6.54 Å². The largest absolute Gasteiger partial charge is 0.492 e. The van der Waals surface area contributed by atoms with E-state index >= 15 is 0 Å². The zero-order valence-electron chi connectivity index (χ0n) is 9.24. The molecule has 0 saturated heterocycles. The summed E-state index contributed by atoms with van der Waals surface area (Å²) in [5.41, 5.74) is 0. The molecule has 0 saturated carbocycles. The van der Waals surface area contributed by atoms with Crippen molar-refractivity contribution < 1.29 is 23.4 Å². The van der Waals surface area contributed by atoms with Crippen molar-refractivity contribution in [1.82, 2.24) is 5.32 Å². The van der Waals surface area contributed by atoms with Crippen molar-refractivity contribution in [3.63, 3.8) is 0 Å². The van der Waals surface area contributed by atoms with E-state index in [1.54, 1.807) is 0 Å². The molecular formula is C11H13F2NO3. The molecule has 0 aliphatic carbocycles. The van der Waals surface area contributed by atoms with E-state index in [0.29, 0.717) is 0 Å². The molecule has 0 heterocycles. The third-order valence-electron chi connectivity index (χ3n) is 1.94. The van der Waals surface area contributed by atoms with Gasteiger partial charge in [0.2, 0.25) is 5.91 Å². The second-order valence-electron chi connectivity index (χ2n) is 3.39. The molecular weight excluding hydrogens is 232 g/mol. The lowest BCUT2D eigenvalue weighted by molar-refractivity contribution is -0.128. The third-order valence-corrected chi connectivity index (χ3v) is 1.94. The van der Waals surface area contributed by atoms with Gasteiger partial charge in [0.25, 0.3) is 0 Å². The van der Waals surface area contributed by atoms with Crippen LogP contribution < -0.4 is 10.1 Å². The number of carbonyl (C=O) groups excluding carboxylic acids is 1. The Kier molecular flexibility index (Phi) is 4.84. The minimum absolute atomic E-state index is 0.101. The maximum absolute atomic E-state index is 12.8. The molecule has 1 unspecified atom stereocenters. The predicted molar refractivity (Wildman–Crippen MR) is 56.5 cm³/mol. The Hall–Kier alpha value is -1.69. The number of rotatable bonds is 5. The number of hydrogen-bond donors (Lipinski definition) is 2. The Balaban J connectivity index is 2.31. The van der Waals surface area contributed by atoms with Crippen molar-refractivity contribution in [2.24, 2.45) is 0 Å². The summed E-state index contributed by atoms with van der Waals surface area (Å²) in [6, 6.07) is 3.17. The zero-order chi connectivity index (χ0) is 12.8. The van der Waals surface area contributed by atoms with Gasteiger partial charge in [0.15, 0.2) is 11.6 Å². The van der Waals surface area contributed by atoms with Crippen LogP contribution in [0.3, 0.4) is 0 Å². The lowest BCUT2D eigenvalue weighted by Crippen LogP contribution is -2.35. The minimum Gasteiger partial charge on any atom is -0.492 e. The zero-order valence-corrected chi connectivity index (χ0v) is 9.24. The van der Waals surface area contributed by atoms with Gasteiger partial charge < -0.3 is 15.2 Å². The molecule has 17 heavy (non-hydrogen) atoms. The Morgan fingerprint density at radius 2 is 2.18 bits per heavy atom. The van der Waals surface area contributed by atoms with Gasteiger partial charge in [-0.2, -0.15) is 0 Å². The second-order valence-corrected chi connectivity index (χ2v) is 3.39. The van der Waals surface area contributed by atoms with Gasteiger partial charge in [-0.05, 0) is 19.1 Å². The Bertz CT molecular complexity index is 396. The van der Waals surface area contributed by atoms with Crippen LogP contribution in [-0.2, 0) is 4.79 Å². The summed E-state index contributed by atoms with van der Waals surface area (Å²) in [4.78, 5) is 10.9. The smallest absolute Gasteiger partial charge is 0.248 e. The summed E-state index contributed by atoms with van der Waals surface area (Å²) in [6.45, 7) is 1.61. The van der Waals surface area contributed by atoms with E-state index in [4.69, 9.17) is 9.84 Å². The van der Waals surface area contributed by atoms with Gasteiger partial charge in [0.1, 0.15) is 18.5 Å². The van der Waals surface area contributed by atoms with Gasteiger partial charge in [-0.25, -0.2) is 8.78 Å². The normalized spacial score (nSPS) is 12.0. The summed E-state index contributed by atoms with van der Waals surface area (Å²) in [5.74, 6) is -2.27. The SMILES string of the molecule is CC(O)C(=O)NCCOc1ccc(F)c(F)c1. The fraction of sp³-hybridized carbons (Fsp3) is 0.364.